The van der Waals surface area contributed by atoms with E-state index in [0.717, 1.165) is 23.1 Å². The smallest absolute Gasteiger partial charge is 0.0682 e. The van der Waals surface area contributed by atoms with E-state index in [0.29, 0.717) is 0 Å². The van der Waals surface area contributed by atoms with E-state index in [2.05, 4.69) is 40.7 Å². The molecule has 0 amide bonds. The molecule has 0 aliphatic rings. The second-order valence-corrected chi connectivity index (χ2v) is 5.49. The average molecular weight is 314 g/mol. The molecule has 0 bridgehead atoms. The zero-order chi connectivity index (χ0) is 13.4. The van der Waals surface area contributed by atoms with Crippen LogP contribution in [0.1, 0.15) is 45.1 Å². The van der Waals surface area contributed by atoms with Gasteiger partial charge in [-0.1, -0.05) is 32.8 Å². The van der Waals surface area contributed by atoms with E-state index in [1.807, 2.05) is 12.1 Å². The van der Waals surface area contributed by atoms with Crippen LogP contribution in [0.2, 0.25) is 0 Å². The quantitative estimate of drug-likeness (QED) is 0.771. The van der Waals surface area contributed by atoms with Crippen LogP contribution in [-0.2, 0) is 6.61 Å². The molecule has 0 unspecified atom stereocenters. The summed E-state index contributed by atoms with van der Waals surface area (Å²) in [5.74, 6) is 0. The Bertz CT molecular complexity index is 346. The zero-order valence-electron chi connectivity index (χ0n) is 11.5. The van der Waals surface area contributed by atoms with E-state index in [9.17, 15) is 0 Å². The third-order valence-corrected chi connectivity index (χ3v) is 3.73. The van der Waals surface area contributed by atoms with Gasteiger partial charge in [-0.2, -0.15) is 0 Å². The number of anilines is 1. The minimum Gasteiger partial charge on any atom is -0.392 e. The number of rotatable bonds is 8. The van der Waals surface area contributed by atoms with Gasteiger partial charge in [-0.15, -0.1) is 0 Å². The summed E-state index contributed by atoms with van der Waals surface area (Å²) in [6, 6.07) is 6.13. The number of unbranched alkanes of at least 4 members (excludes halogenated alkanes) is 2. The number of hydrogen-bond donors (Lipinski definition) is 1. The van der Waals surface area contributed by atoms with Crippen molar-refractivity contribution in [3.05, 3.63) is 28.2 Å². The Kier molecular flexibility index (Phi) is 7.36. The molecule has 102 valence electrons. The van der Waals surface area contributed by atoms with Crippen molar-refractivity contribution >= 4 is 21.6 Å². The third-order valence-electron chi connectivity index (χ3n) is 3.10. The van der Waals surface area contributed by atoms with Gasteiger partial charge >= 0.3 is 0 Å². The van der Waals surface area contributed by atoms with Crippen molar-refractivity contribution in [2.45, 2.75) is 46.1 Å². The Labute approximate surface area is 119 Å². The van der Waals surface area contributed by atoms with Crippen LogP contribution in [0.3, 0.4) is 0 Å². The first kappa shape index (κ1) is 15.5. The van der Waals surface area contributed by atoms with Crippen LogP contribution in [0.15, 0.2) is 22.7 Å². The molecule has 18 heavy (non-hydrogen) atoms. The molecule has 1 rings (SSSR count). The van der Waals surface area contributed by atoms with Crippen molar-refractivity contribution in [2.75, 3.05) is 18.0 Å². The molecule has 2 nitrogen and oxygen atoms in total. The van der Waals surface area contributed by atoms with E-state index in [-0.39, 0.29) is 6.61 Å². The highest BCUT2D eigenvalue weighted by atomic mass is 79.9. The number of halogens is 1. The maximum Gasteiger partial charge on any atom is 0.0682 e. The highest BCUT2D eigenvalue weighted by Crippen LogP contribution is 2.28. The minimum atomic E-state index is 0.1000. The summed E-state index contributed by atoms with van der Waals surface area (Å²) in [6.45, 7) is 6.76. The Morgan fingerprint density at radius 3 is 2.17 bits per heavy atom. The van der Waals surface area contributed by atoms with Gasteiger partial charge in [0, 0.05) is 17.6 Å². The lowest BCUT2D eigenvalue weighted by molar-refractivity contribution is 0.282. The predicted octanol–water partition coefficient (Wildman–Crippen LogP) is 4.35. The van der Waals surface area contributed by atoms with E-state index in [4.69, 9.17) is 5.11 Å². The maximum atomic E-state index is 9.14. The highest BCUT2D eigenvalue weighted by molar-refractivity contribution is 9.10. The first-order valence-corrected chi connectivity index (χ1v) is 7.66. The fourth-order valence-corrected chi connectivity index (χ4v) is 2.63. The summed E-state index contributed by atoms with van der Waals surface area (Å²) >= 11 is 3.62. The number of benzene rings is 1. The van der Waals surface area contributed by atoms with Gasteiger partial charge in [-0.05, 0) is 46.5 Å². The Balaban J connectivity index is 2.82. The molecule has 0 saturated heterocycles. The molecule has 1 aromatic carbocycles. The summed E-state index contributed by atoms with van der Waals surface area (Å²) < 4.78 is 1.08. The first-order valence-electron chi connectivity index (χ1n) is 6.87. The standard InChI is InChI=1S/C15H24BrNO/c1-3-5-9-17(10-6-4-2)15-8-7-13(12-18)11-14(15)16/h7-8,11,18H,3-6,9-10,12H2,1-2H3. The van der Waals surface area contributed by atoms with Crippen molar-refractivity contribution in [3.63, 3.8) is 0 Å². The second kappa shape index (κ2) is 8.54. The lowest BCUT2D eigenvalue weighted by Crippen LogP contribution is -2.26. The summed E-state index contributed by atoms with van der Waals surface area (Å²) in [6.07, 6.45) is 4.87. The van der Waals surface area contributed by atoms with Gasteiger partial charge in [-0.3, -0.25) is 0 Å². The van der Waals surface area contributed by atoms with Gasteiger partial charge in [0.05, 0.1) is 12.3 Å². The van der Waals surface area contributed by atoms with Gasteiger partial charge < -0.3 is 10.0 Å². The number of nitrogens with zero attached hydrogens (tertiary/aromatic N) is 1. The van der Waals surface area contributed by atoms with Gasteiger partial charge in [0.1, 0.15) is 0 Å². The van der Waals surface area contributed by atoms with Crippen LogP contribution in [0, 0.1) is 0 Å². The molecule has 0 heterocycles. The largest absolute Gasteiger partial charge is 0.392 e. The maximum absolute atomic E-state index is 9.14. The van der Waals surface area contributed by atoms with Gasteiger partial charge in [-0.25, -0.2) is 0 Å². The van der Waals surface area contributed by atoms with E-state index in [1.165, 1.54) is 31.4 Å². The van der Waals surface area contributed by atoms with Crippen LogP contribution in [0.25, 0.3) is 0 Å². The topological polar surface area (TPSA) is 23.5 Å². The molecule has 0 saturated carbocycles. The van der Waals surface area contributed by atoms with Crippen LogP contribution < -0.4 is 4.90 Å². The summed E-state index contributed by atoms with van der Waals surface area (Å²) in [4.78, 5) is 2.44. The van der Waals surface area contributed by atoms with E-state index >= 15 is 0 Å². The molecular weight excluding hydrogens is 290 g/mol. The normalized spacial score (nSPS) is 10.7. The second-order valence-electron chi connectivity index (χ2n) is 4.64. The van der Waals surface area contributed by atoms with Crippen LogP contribution >= 0.6 is 15.9 Å². The number of aliphatic hydroxyl groups is 1. The van der Waals surface area contributed by atoms with Crippen molar-refractivity contribution in [1.82, 2.24) is 0 Å². The van der Waals surface area contributed by atoms with E-state index in [1.54, 1.807) is 0 Å². The third kappa shape index (κ3) is 4.62. The fourth-order valence-electron chi connectivity index (χ4n) is 1.96. The molecule has 0 aliphatic carbocycles. The molecule has 0 spiro atoms. The fraction of sp³-hybridized carbons (Fsp3) is 0.600. The van der Waals surface area contributed by atoms with Crippen molar-refractivity contribution < 1.29 is 5.11 Å². The Morgan fingerprint density at radius 2 is 1.72 bits per heavy atom. The molecule has 1 N–H and O–H groups in total. The highest BCUT2D eigenvalue weighted by Gasteiger charge is 2.09. The van der Waals surface area contributed by atoms with Crippen molar-refractivity contribution in [2.24, 2.45) is 0 Å². The summed E-state index contributed by atoms with van der Waals surface area (Å²) in [7, 11) is 0. The Hall–Kier alpha value is -0.540. The lowest BCUT2D eigenvalue weighted by atomic mass is 10.2. The monoisotopic (exact) mass is 313 g/mol. The van der Waals surface area contributed by atoms with Crippen LogP contribution in [0.4, 0.5) is 5.69 Å². The number of aliphatic hydroxyl groups excluding tert-OH is 1. The van der Waals surface area contributed by atoms with Gasteiger partial charge in [0.25, 0.3) is 0 Å². The van der Waals surface area contributed by atoms with Crippen molar-refractivity contribution in [1.29, 1.82) is 0 Å². The molecular formula is C15H24BrNO. The van der Waals surface area contributed by atoms with Crippen LogP contribution in [0.5, 0.6) is 0 Å². The molecule has 0 aromatic heterocycles. The van der Waals surface area contributed by atoms with Crippen molar-refractivity contribution in [3.8, 4) is 0 Å². The predicted molar refractivity (Wildman–Crippen MR) is 82.1 cm³/mol. The van der Waals surface area contributed by atoms with Gasteiger partial charge in [0.15, 0.2) is 0 Å². The summed E-state index contributed by atoms with van der Waals surface area (Å²) in [5.41, 5.74) is 2.20. The lowest BCUT2D eigenvalue weighted by Gasteiger charge is -2.26. The molecule has 0 aliphatic heterocycles. The molecule has 0 atom stereocenters. The van der Waals surface area contributed by atoms with Crippen LogP contribution in [-0.4, -0.2) is 18.2 Å². The summed E-state index contributed by atoms with van der Waals surface area (Å²) in [5, 5.41) is 9.14. The number of hydrogen-bond acceptors (Lipinski definition) is 2. The SMILES string of the molecule is CCCCN(CCCC)c1ccc(CO)cc1Br. The van der Waals surface area contributed by atoms with E-state index < -0.39 is 0 Å². The zero-order valence-corrected chi connectivity index (χ0v) is 13.0. The molecule has 1 aromatic rings. The Morgan fingerprint density at radius 1 is 1.11 bits per heavy atom. The van der Waals surface area contributed by atoms with Gasteiger partial charge in [0.2, 0.25) is 0 Å². The molecule has 3 heteroatoms. The first-order chi connectivity index (χ1) is 8.72. The molecule has 0 radical (unpaired) electrons. The molecule has 0 fully saturated rings. The average Bonchev–Trinajstić information content (AvgIpc) is 2.39. The minimum absolute atomic E-state index is 0.1000.